The molecule has 0 nitrogen and oxygen atoms in total. The Kier molecular flexibility index (Phi) is 138. The zero-order valence-corrected chi connectivity index (χ0v) is 16.6. The summed E-state index contributed by atoms with van der Waals surface area (Å²) in [5.41, 5.74) is 0. The van der Waals surface area contributed by atoms with Crippen molar-refractivity contribution in [2.24, 2.45) is 0 Å². The Bertz CT molecular complexity index is 22.5. The molecule has 0 saturated heterocycles. The minimum atomic E-state index is 0. The summed E-state index contributed by atoms with van der Waals surface area (Å²) in [7, 11) is 0. The molecule has 0 amide bonds. The zero-order valence-electron chi connectivity index (χ0n) is 9.77. The molecule has 0 aromatic carbocycles. The van der Waals surface area contributed by atoms with E-state index in [2.05, 4.69) is 0 Å². The fourth-order valence-corrected chi connectivity index (χ4v) is 0. The van der Waals surface area contributed by atoms with Crippen LogP contribution in [0.25, 0.3) is 0 Å². The molecule has 0 aromatic heterocycles. The molecule has 5 heteroatoms. The van der Waals surface area contributed by atoms with Gasteiger partial charge in [0.15, 0.2) is 0 Å². The quantitative estimate of drug-likeness (QED) is 0.391. The Hall–Kier alpha value is 5.99. The first-order valence-corrected chi connectivity index (χ1v) is 0. The smallest absolute Gasteiger partial charge is 1.00 e. The van der Waals surface area contributed by atoms with Crippen molar-refractivity contribution in [3.63, 3.8) is 0 Å². The zero-order chi connectivity index (χ0) is 0. The van der Waals surface area contributed by atoms with Gasteiger partial charge in [0.1, 0.15) is 0 Å². The molecule has 0 aromatic rings. The molecule has 0 spiro atoms. The minimum absolute atomic E-state index is 0. The molecule has 5 heavy (non-hydrogen) atoms. The van der Waals surface area contributed by atoms with Gasteiger partial charge in [-0.2, -0.15) is 0 Å². The number of hydrogen-bond acceptors (Lipinski definition) is 0. The second-order valence-electron chi connectivity index (χ2n) is 0. The van der Waals surface area contributed by atoms with Crippen LogP contribution in [0, 0.1) is 0 Å². The largest absolute Gasteiger partial charge is 2.00 e. The first-order chi connectivity index (χ1) is 0. The summed E-state index contributed by atoms with van der Waals surface area (Å²) in [6.07, 6.45) is 0. The van der Waals surface area contributed by atoms with Gasteiger partial charge in [-0.25, -0.2) is 0 Å². The van der Waals surface area contributed by atoms with E-state index < -0.39 is 0 Å². The van der Waals surface area contributed by atoms with Crippen molar-refractivity contribution in [1.29, 1.82) is 0 Å². The second-order valence-corrected chi connectivity index (χ2v) is 0. The Labute approximate surface area is 187 Å². The van der Waals surface area contributed by atoms with Crippen LogP contribution in [0.15, 0.2) is 0 Å². The van der Waals surface area contributed by atoms with E-state index in [1.807, 2.05) is 0 Å². The third-order valence-corrected chi connectivity index (χ3v) is 0. The van der Waals surface area contributed by atoms with Crippen molar-refractivity contribution in [3.05, 3.63) is 0 Å². The molecule has 0 aliphatic carbocycles. The first kappa shape index (κ1) is 30.6. The summed E-state index contributed by atoms with van der Waals surface area (Å²) in [6.45, 7) is 0. The number of rotatable bonds is 0. The minimum Gasteiger partial charge on any atom is -1.00 e. The maximum atomic E-state index is 0. The predicted molar refractivity (Wildman–Crippen MR) is 18.2 cm³/mol. The Balaban J connectivity index is 0. The Morgan fingerprint density at radius 1 is 1.20 bits per heavy atom. The van der Waals surface area contributed by atoms with Crippen LogP contribution < -0.4 is 80.9 Å². The molecule has 0 aliphatic heterocycles. The van der Waals surface area contributed by atoms with E-state index in [9.17, 15) is 0 Å². The normalized spacial score (nSPS) is 0. The number of hydrogen-bond donors (Lipinski definition) is 0. The van der Waals surface area contributed by atoms with Crippen LogP contribution in [0.2, 0.25) is 0 Å². The third-order valence-electron chi connectivity index (χ3n) is 0. The molecular weight excluding hydrogens is 295 g/mol. The summed E-state index contributed by atoms with van der Waals surface area (Å²) >= 11 is 0. The Morgan fingerprint density at radius 2 is 1.20 bits per heavy atom. The van der Waals surface area contributed by atoms with Crippen molar-refractivity contribution in [2.75, 3.05) is 0 Å². The van der Waals surface area contributed by atoms with Gasteiger partial charge in [0.05, 0.1) is 0 Å². The van der Waals surface area contributed by atoms with Crippen LogP contribution in [0.5, 0.6) is 0 Å². The van der Waals surface area contributed by atoms with Gasteiger partial charge in [-0.15, -0.1) is 0 Å². The van der Waals surface area contributed by atoms with E-state index in [4.69, 9.17) is 0 Å². The van der Waals surface area contributed by atoms with Crippen molar-refractivity contribution in [1.82, 2.24) is 0 Å². The van der Waals surface area contributed by atoms with Gasteiger partial charge in [0.2, 0.25) is 0 Å². The monoisotopic (exact) mass is 302 g/mol. The van der Waals surface area contributed by atoms with E-state index in [0.717, 1.165) is 0 Å². The van der Waals surface area contributed by atoms with Crippen molar-refractivity contribution < 1.29 is 107 Å². The van der Waals surface area contributed by atoms with Gasteiger partial charge in [-0.3, -0.25) is 0 Å². The molecular formula is H6BaCaFeKNa. The van der Waals surface area contributed by atoms with E-state index >= 15 is 0 Å². The standard InChI is InChI=1S/Ba.Ca.Fe.K.Na.6H/q2*+2;;2*+1;6*-1. The topological polar surface area (TPSA) is 0 Å². The van der Waals surface area contributed by atoms with Crippen LogP contribution in [-0.4, -0.2) is 86.6 Å². The van der Waals surface area contributed by atoms with Crippen LogP contribution >= 0.6 is 0 Å². The predicted octanol–water partition coefficient (Wildman–Crippen LogP) is -6.08. The van der Waals surface area contributed by atoms with Gasteiger partial charge in [-0.05, 0) is 0 Å². The molecule has 0 unspecified atom stereocenters. The maximum Gasteiger partial charge on any atom is 2.00 e. The van der Waals surface area contributed by atoms with Gasteiger partial charge < -0.3 is 8.56 Å². The molecule has 0 radical (unpaired) electrons. The van der Waals surface area contributed by atoms with Crippen LogP contribution in [0.1, 0.15) is 8.56 Å². The van der Waals surface area contributed by atoms with Crippen molar-refractivity contribution in [3.8, 4) is 0 Å². The average molecular weight is 301 g/mol. The van der Waals surface area contributed by atoms with Gasteiger partial charge >= 0.3 is 168 Å². The second kappa shape index (κ2) is 22.5. The summed E-state index contributed by atoms with van der Waals surface area (Å²) in [5.74, 6) is 0. The molecule has 0 N–H and O–H groups in total. The first-order valence-electron chi connectivity index (χ1n) is 0. The van der Waals surface area contributed by atoms with E-state index in [0.29, 0.717) is 0 Å². The third kappa shape index (κ3) is 17.8. The molecule has 20 valence electrons. The van der Waals surface area contributed by atoms with Crippen molar-refractivity contribution >= 4 is 86.6 Å². The van der Waals surface area contributed by atoms with Crippen LogP contribution in [0.4, 0.5) is 0 Å². The SMILES string of the molecule is [Ba+2].[Ca+2].[Fe].[H-].[H-].[H-].[H-].[H-].[H-].[K+].[Na+]. The maximum absolute atomic E-state index is 0. The summed E-state index contributed by atoms with van der Waals surface area (Å²) < 4.78 is 0. The van der Waals surface area contributed by atoms with Gasteiger partial charge in [0, 0.05) is 17.1 Å². The fourth-order valence-electron chi connectivity index (χ4n) is 0. The molecule has 0 aliphatic rings. The summed E-state index contributed by atoms with van der Waals surface area (Å²) in [4.78, 5) is 0. The molecule has 0 rings (SSSR count). The van der Waals surface area contributed by atoms with Gasteiger partial charge in [-0.1, -0.05) is 0 Å². The molecule has 0 heterocycles. The van der Waals surface area contributed by atoms with E-state index in [-0.39, 0.29) is 193 Å². The fraction of sp³-hybridized carbons (Fsp3) is 0. The average Bonchev–Trinajstić information content (AvgIpc) is 0. The summed E-state index contributed by atoms with van der Waals surface area (Å²) in [5, 5.41) is 0. The molecule has 0 saturated carbocycles. The van der Waals surface area contributed by atoms with Gasteiger partial charge in [0.25, 0.3) is 0 Å². The molecule has 0 bridgehead atoms. The van der Waals surface area contributed by atoms with Crippen LogP contribution in [-0.2, 0) is 17.1 Å². The van der Waals surface area contributed by atoms with Crippen LogP contribution in [0.3, 0.4) is 0 Å². The molecule has 0 atom stereocenters. The summed E-state index contributed by atoms with van der Waals surface area (Å²) in [6, 6.07) is 0. The Morgan fingerprint density at radius 3 is 1.20 bits per heavy atom. The van der Waals surface area contributed by atoms with E-state index in [1.165, 1.54) is 0 Å². The van der Waals surface area contributed by atoms with E-state index in [1.54, 1.807) is 0 Å². The van der Waals surface area contributed by atoms with Crippen molar-refractivity contribution in [2.45, 2.75) is 0 Å². The molecule has 0 fully saturated rings.